The van der Waals surface area contributed by atoms with E-state index < -0.39 is 0 Å². The SMILES string of the molecule is O=C(CN1C(=O)CCOc2ccccc21)NNc1ccc(Cl)c(Cl)c1. The third-order valence-electron chi connectivity index (χ3n) is 3.60. The number of para-hydroxylation sites is 2. The minimum absolute atomic E-state index is 0.131. The van der Waals surface area contributed by atoms with Gasteiger partial charge in [-0.05, 0) is 30.3 Å². The zero-order valence-corrected chi connectivity index (χ0v) is 14.6. The summed E-state index contributed by atoms with van der Waals surface area (Å²) >= 11 is 11.8. The number of amides is 2. The Bertz CT molecular complexity index is 813. The van der Waals surface area contributed by atoms with Crippen LogP contribution in [0.15, 0.2) is 42.5 Å². The molecule has 0 saturated carbocycles. The molecule has 25 heavy (non-hydrogen) atoms. The molecular weight excluding hydrogens is 365 g/mol. The van der Waals surface area contributed by atoms with Gasteiger partial charge in [0.25, 0.3) is 5.91 Å². The normalized spacial score (nSPS) is 13.5. The lowest BCUT2D eigenvalue weighted by Crippen LogP contribution is -2.42. The Labute approximate surface area is 154 Å². The minimum Gasteiger partial charge on any atom is -0.491 e. The van der Waals surface area contributed by atoms with E-state index in [9.17, 15) is 9.59 Å². The number of hydrogen-bond acceptors (Lipinski definition) is 4. The largest absolute Gasteiger partial charge is 0.491 e. The molecule has 2 aromatic carbocycles. The van der Waals surface area contributed by atoms with Crippen molar-refractivity contribution in [3.05, 3.63) is 52.5 Å². The third-order valence-corrected chi connectivity index (χ3v) is 4.34. The molecule has 0 saturated heterocycles. The predicted octanol–water partition coefficient (Wildman–Crippen LogP) is 3.25. The van der Waals surface area contributed by atoms with Crippen molar-refractivity contribution >= 4 is 46.4 Å². The molecule has 130 valence electrons. The quantitative estimate of drug-likeness (QED) is 0.799. The van der Waals surface area contributed by atoms with Gasteiger partial charge in [0.15, 0.2) is 0 Å². The van der Waals surface area contributed by atoms with E-state index in [0.29, 0.717) is 27.2 Å². The molecule has 1 heterocycles. The first-order valence-corrected chi connectivity index (χ1v) is 8.32. The van der Waals surface area contributed by atoms with Crippen LogP contribution in [0.5, 0.6) is 5.75 Å². The van der Waals surface area contributed by atoms with Crippen LogP contribution in [-0.4, -0.2) is 25.0 Å². The first-order chi connectivity index (χ1) is 12.0. The second-order valence-corrected chi connectivity index (χ2v) is 6.16. The van der Waals surface area contributed by atoms with Gasteiger partial charge in [0.1, 0.15) is 12.3 Å². The molecule has 0 fully saturated rings. The molecule has 2 N–H and O–H groups in total. The fourth-order valence-corrected chi connectivity index (χ4v) is 2.69. The number of anilines is 2. The van der Waals surface area contributed by atoms with Crippen LogP contribution in [0, 0.1) is 0 Å². The summed E-state index contributed by atoms with van der Waals surface area (Å²) in [6.07, 6.45) is 0.210. The summed E-state index contributed by atoms with van der Waals surface area (Å²) in [7, 11) is 0. The molecule has 0 spiro atoms. The van der Waals surface area contributed by atoms with Crippen LogP contribution in [0.1, 0.15) is 6.42 Å². The minimum atomic E-state index is -0.379. The van der Waals surface area contributed by atoms with Crippen molar-refractivity contribution in [2.75, 3.05) is 23.5 Å². The lowest BCUT2D eigenvalue weighted by atomic mass is 10.2. The molecule has 1 aliphatic rings. The summed E-state index contributed by atoms with van der Waals surface area (Å²) in [6, 6.07) is 12.0. The molecular formula is C17H15Cl2N3O3. The highest BCUT2D eigenvalue weighted by molar-refractivity contribution is 6.42. The molecule has 8 heteroatoms. The number of hydrazine groups is 1. The number of rotatable bonds is 4. The molecule has 0 radical (unpaired) electrons. The predicted molar refractivity (Wildman–Crippen MR) is 97.1 cm³/mol. The summed E-state index contributed by atoms with van der Waals surface area (Å²) in [5.74, 6) is 0.0318. The van der Waals surface area contributed by atoms with Crippen LogP contribution < -0.4 is 20.5 Å². The highest BCUT2D eigenvalue weighted by atomic mass is 35.5. The molecule has 2 amide bonds. The van der Waals surface area contributed by atoms with Gasteiger partial charge in [0.2, 0.25) is 5.91 Å². The van der Waals surface area contributed by atoms with E-state index in [-0.39, 0.29) is 31.4 Å². The summed E-state index contributed by atoms with van der Waals surface area (Å²) in [4.78, 5) is 25.9. The fraction of sp³-hybridized carbons (Fsp3) is 0.176. The van der Waals surface area contributed by atoms with Crippen molar-refractivity contribution < 1.29 is 14.3 Å². The van der Waals surface area contributed by atoms with E-state index in [4.69, 9.17) is 27.9 Å². The van der Waals surface area contributed by atoms with Crippen molar-refractivity contribution in [3.8, 4) is 5.75 Å². The Morgan fingerprint density at radius 3 is 2.76 bits per heavy atom. The number of ether oxygens (including phenoxy) is 1. The Kier molecular flexibility index (Phi) is 5.31. The van der Waals surface area contributed by atoms with Crippen molar-refractivity contribution in [1.29, 1.82) is 0 Å². The van der Waals surface area contributed by atoms with Crippen LogP contribution in [0.25, 0.3) is 0 Å². The van der Waals surface area contributed by atoms with Gasteiger partial charge in [0, 0.05) is 0 Å². The monoisotopic (exact) mass is 379 g/mol. The average molecular weight is 380 g/mol. The number of halogens is 2. The first-order valence-electron chi connectivity index (χ1n) is 7.56. The Morgan fingerprint density at radius 1 is 1.16 bits per heavy atom. The molecule has 0 unspecified atom stereocenters. The molecule has 0 aromatic heterocycles. The van der Waals surface area contributed by atoms with Gasteiger partial charge in [-0.15, -0.1) is 0 Å². The zero-order chi connectivity index (χ0) is 17.8. The lowest BCUT2D eigenvalue weighted by Gasteiger charge is -2.21. The summed E-state index contributed by atoms with van der Waals surface area (Å²) in [5, 5.41) is 0.792. The zero-order valence-electron chi connectivity index (χ0n) is 13.1. The van der Waals surface area contributed by atoms with Crippen molar-refractivity contribution in [2.45, 2.75) is 6.42 Å². The van der Waals surface area contributed by atoms with Crippen molar-refractivity contribution in [3.63, 3.8) is 0 Å². The Morgan fingerprint density at radius 2 is 1.96 bits per heavy atom. The summed E-state index contributed by atoms with van der Waals surface area (Å²) < 4.78 is 5.55. The van der Waals surface area contributed by atoms with Crippen LogP contribution in [0.4, 0.5) is 11.4 Å². The standard InChI is InChI=1S/C17H15Cl2N3O3/c18-12-6-5-11(9-13(12)19)20-21-16(23)10-22-14-3-1-2-4-15(14)25-8-7-17(22)24/h1-6,9,20H,7-8,10H2,(H,21,23). The summed E-state index contributed by atoms with van der Waals surface area (Å²) in [6.45, 7) is 0.156. The number of carbonyl (C=O) groups excluding carboxylic acids is 2. The molecule has 0 aliphatic carbocycles. The van der Waals surface area contributed by atoms with E-state index >= 15 is 0 Å². The highest BCUT2D eigenvalue weighted by Crippen LogP contribution is 2.30. The summed E-state index contributed by atoms with van der Waals surface area (Å²) in [5.41, 5.74) is 6.44. The maximum Gasteiger partial charge on any atom is 0.258 e. The molecule has 3 rings (SSSR count). The van der Waals surface area contributed by atoms with Gasteiger partial charge in [-0.25, -0.2) is 0 Å². The lowest BCUT2D eigenvalue weighted by molar-refractivity contribution is -0.123. The number of hydrogen-bond donors (Lipinski definition) is 2. The second-order valence-electron chi connectivity index (χ2n) is 5.35. The average Bonchev–Trinajstić information content (AvgIpc) is 2.75. The van der Waals surface area contributed by atoms with Crippen LogP contribution in [0.3, 0.4) is 0 Å². The Hall–Kier alpha value is -2.44. The Balaban J connectivity index is 1.67. The second kappa shape index (κ2) is 7.63. The molecule has 1 aliphatic heterocycles. The number of nitrogens with one attached hydrogen (secondary N) is 2. The molecule has 0 bridgehead atoms. The van der Waals surface area contributed by atoms with Crippen LogP contribution in [-0.2, 0) is 9.59 Å². The van der Waals surface area contributed by atoms with Crippen LogP contribution >= 0.6 is 23.2 Å². The van der Waals surface area contributed by atoms with Gasteiger partial charge in [-0.3, -0.25) is 25.3 Å². The van der Waals surface area contributed by atoms with Gasteiger partial charge >= 0.3 is 0 Å². The van der Waals surface area contributed by atoms with Gasteiger partial charge in [-0.2, -0.15) is 0 Å². The number of fused-ring (bicyclic) bond motifs is 1. The first kappa shape index (κ1) is 17.4. The van der Waals surface area contributed by atoms with Gasteiger partial charge in [-0.1, -0.05) is 35.3 Å². The van der Waals surface area contributed by atoms with E-state index in [1.165, 1.54) is 4.90 Å². The van der Waals surface area contributed by atoms with E-state index in [0.717, 1.165) is 0 Å². The van der Waals surface area contributed by atoms with Crippen LogP contribution in [0.2, 0.25) is 10.0 Å². The third kappa shape index (κ3) is 4.15. The topological polar surface area (TPSA) is 70.7 Å². The molecule has 2 aromatic rings. The smallest absolute Gasteiger partial charge is 0.258 e. The van der Waals surface area contributed by atoms with E-state index in [2.05, 4.69) is 10.9 Å². The number of carbonyl (C=O) groups is 2. The van der Waals surface area contributed by atoms with E-state index in [1.807, 2.05) is 6.07 Å². The number of benzene rings is 2. The van der Waals surface area contributed by atoms with Crippen molar-refractivity contribution in [1.82, 2.24) is 5.43 Å². The maximum atomic E-state index is 12.3. The number of nitrogens with zero attached hydrogens (tertiary/aromatic N) is 1. The highest BCUT2D eigenvalue weighted by Gasteiger charge is 2.24. The fourth-order valence-electron chi connectivity index (χ4n) is 2.39. The van der Waals surface area contributed by atoms with Gasteiger partial charge in [0.05, 0.1) is 34.4 Å². The van der Waals surface area contributed by atoms with Crippen molar-refractivity contribution in [2.24, 2.45) is 0 Å². The van der Waals surface area contributed by atoms with Gasteiger partial charge < -0.3 is 4.74 Å². The maximum absolute atomic E-state index is 12.3. The molecule has 0 atom stereocenters. The van der Waals surface area contributed by atoms with E-state index in [1.54, 1.807) is 36.4 Å². The molecule has 6 nitrogen and oxygen atoms in total.